The van der Waals surface area contributed by atoms with Gasteiger partial charge in [0.2, 0.25) is 0 Å². The van der Waals surface area contributed by atoms with Gasteiger partial charge in [-0.3, -0.25) is 0 Å². The van der Waals surface area contributed by atoms with Crippen LogP contribution in [0.4, 0.5) is 0 Å². The molecule has 0 spiro atoms. The van der Waals surface area contributed by atoms with Crippen molar-refractivity contribution >= 4 is 23.9 Å². The Bertz CT molecular complexity index is 845. The summed E-state index contributed by atoms with van der Waals surface area (Å²) in [4.78, 5) is 46.0. The normalized spacial score (nSPS) is 12.5. The molecule has 2 aromatic rings. The minimum Gasteiger partial charge on any atom is -0.478 e. The molecule has 2 unspecified atom stereocenters. The van der Waals surface area contributed by atoms with Gasteiger partial charge in [0.15, 0.2) is 12.2 Å². The monoisotopic (exact) mass is 390 g/mol. The third-order valence-corrected chi connectivity index (χ3v) is 3.44. The second-order valence-electron chi connectivity index (χ2n) is 5.33. The maximum absolute atomic E-state index is 11.9. The predicted molar refractivity (Wildman–Crippen MR) is 90.1 cm³/mol. The lowest BCUT2D eigenvalue weighted by Crippen LogP contribution is -2.44. The lowest BCUT2D eigenvalue weighted by Gasteiger charge is -2.16. The molecule has 0 bridgehead atoms. The fourth-order valence-corrected chi connectivity index (χ4v) is 2.06. The van der Waals surface area contributed by atoms with Gasteiger partial charge in [-0.05, 0) is 24.3 Å². The van der Waals surface area contributed by atoms with Crippen LogP contribution in [0.5, 0.6) is 11.5 Å². The van der Waals surface area contributed by atoms with Crippen LogP contribution in [0, 0.1) is 0 Å². The SMILES string of the molecule is O=C(O)c1ccccc1OC(=O)C(O)C(O)C(=O)Oc1ccccc1C(=O)O. The van der Waals surface area contributed by atoms with E-state index in [1.54, 1.807) is 0 Å². The van der Waals surface area contributed by atoms with Crippen molar-refractivity contribution in [2.45, 2.75) is 12.2 Å². The number of rotatable bonds is 7. The van der Waals surface area contributed by atoms with Gasteiger partial charge in [-0.1, -0.05) is 24.3 Å². The standard InChI is InChI=1S/C18H14O10/c19-13(17(25)27-11-7-3-1-5-9(11)15(21)22)14(20)18(26)28-12-8-4-2-6-10(12)16(23)24/h1-8,13-14,19-20H,(H,21,22)(H,23,24). The number of carbonyl (C=O) groups excluding carboxylic acids is 2. The Kier molecular flexibility index (Phi) is 6.42. The van der Waals surface area contributed by atoms with E-state index in [4.69, 9.17) is 19.7 Å². The number of esters is 2. The highest BCUT2D eigenvalue weighted by atomic mass is 16.6. The summed E-state index contributed by atoms with van der Waals surface area (Å²) in [7, 11) is 0. The molecule has 0 amide bonds. The van der Waals surface area contributed by atoms with E-state index in [1.165, 1.54) is 24.3 Å². The third-order valence-electron chi connectivity index (χ3n) is 3.44. The quantitative estimate of drug-likeness (QED) is 0.381. The number of aliphatic hydroxyl groups is 2. The first-order chi connectivity index (χ1) is 13.2. The van der Waals surface area contributed by atoms with Gasteiger partial charge in [-0.2, -0.15) is 0 Å². The number of carboxylic acid groups (broad SMARTS) is 2. The van der Waals surface area contributed by atoms with Crippen LogP contribution in [0.2, 0.25) is 0 Å². The van der Waals surface area contributed by atoms with Gasteiger partial charge in [0, 0.05) is 0 Å². The molecule has 4 N–H and O–H groups in total. The van der Waals surface area contributed by atoms with Crippen LogP contribution in [0.15, 0.2) is 48.5 Å². The lowest BCUT2D eigenvalue weighted by molar-refractivity contribution is -0.162. The van der Waals surface area contributed by atoms with E-state index in [0.29, 0.717) is 0 Å². The first-order valence-electron chi connectivity index (χ1n) is 7.66. The van der Waals surface area contributed by atoms with Crippen LogP contribution in [-0.4, -0.2) is 56.5 Å². The van der Waals surface area contributed by atoms with Gasteiger partial charge in [0.05, 0.1) is 0 Å². The highest BCUT2D eigenvalue weighted by Crippen LogP contribution is 2.20. The van der Waals surface area contributed by atoms with E-state index in [1.807, 2.05) is 0 Å². The number of carboxylic acids is 2. The molecule has 0 saturated heterocycles. The molecule has 10 nitrogen and oxygen atoms in total. The summed E-state index contributed by atoms with van der Waals surface area (Å²) in [6.07, 6.45) is -4.82. The number of para-hydroxylation sites is 2. The van der Waals surface area contributed by atoms with E-state index in [2.05, 4.69) is 0 Å². The second kappa shape index (κ2) is 8.75. The number of aromatic carboxylic acids is 2. The zero-order valence-corrected chi connectivity index (χ0v) is 14.0. The Morgan fingerprint density at radius 1 is 0.643 bits per heavy atom. The minimum atomic E-state index is -2.41. The fourth-order valence-electron chi connectivity index (χ4n) is 2.06. The Morgan fingerprint density at radius 3 is 1.29 bits per heavy atom. The minimum absolute atomic E-state index is 0.379. The fraction of sp³-hybridized carbons (Fsp3) is 0.111. The van der Waals surface area contributed by atoms with Crippen LogP contribution in [0.1, 0.15) is 20.7 Å². The molecule has 10 heteroatoms. The third kappa shape index (κ3) is 4.69. The molecule has 2 aromatic carbocycles. The topological polar surface area (TPSA) is 168 Å². The molecule has 146 valence electrons. The molecule has 0 heterocycles. The first-order valence-corrected chi connectivity index (χ1v) is 7.66. The summed E-state index contributed by atoms with van der Waals surface area (Å²) < 4.78 is 9.44. The van der Waals surface area contributed by atoms with E-state index >= 15 is 0 Å². The molecule has 0 aliphatic carbocycles. The molecule has 0 aliphatic rings. The van der Waals surface area contributed by atoms with E-state index < -0.39 is 47.6 Å². The van der Waals surface area contributed by atoms with Crippen LogP contribution < -0.4 is 9.47 Å². The van der Waals surface area contributed by atoms with Gasteiger partial charge < -0.3 is 29.9 Å². The Labute approximate surface area is 157 Å². The van der Waals surface area contributed by atoms with Crippen LogP contribution >= 0.6 is 0 Å². The van der Waals surface area contributed by atoms with Gasteiger partial charge in [-0.15, -0.1) is 0 Å². The van der Waals surface area contributed by atoms with Crippen molar-refractivity contribution in [1.29, 1.82) is 0 Å². The number of hydrogen-bond acceptors (Lipinski definition) is 8. The van der Waals surface area contributed by atoms with Crippen molar-refractivity contribution in [3.05, 3.63) is 59.7 Å². The maximum Gasteiger partial charge on any atom is 0.343 e. The average Bonchev–Trinajstić information content (AvgIpc) is 2.67. The smallest absolute Gasteiger partial charge is 0.343 e. The zero-order chi connectivity index (χ0) is 20.8. The highest BCUT2D eigenvalue weighted by Gasteiger charge is 2.34. The Hall–Kier alpha value is -3.76. The van der Waals surface area contributed by atoms with Crippen LogP contribution in [0.3, 0.4) is 0 Å². The molecule has 0 saturated carbocycles. The van der Waals surface area contributed by atoms with Crippen molar-refractivity contribution < 1.29 is 49.1 Å². The summed E-state index contributed by atoms with van der Waals surface area (Å²) in [5.41, 5.74) is -0.758. The number of carbonyl (C=O) groups is 4. The molecule has 28 heavy (non-hydrogen) atoms. The van der Waals surface area contributed by atoms with E-state index in [0.717, 1.165) is 24.3 Å². The summed E-state index contributed by atoms with van der Waals surface area (Å²) >= 11 is 0. The van der Waals surface area contributed by atoms with E-state index in [-0.39, 0.29) is 11.1 Å². The number of aliphatic hydroxyl groups excluding tert-OH is 2. The van der Waals surface area contributed by atoms with Gasteiger partial charge in [-0.25, -0.2) is 19.2 Å². The second-order valence-corrected chi connectivity index (χ2v) is 5.33. The largest absolute Gasteiger partial charge is 0.478 e. The molecular formula is C18H14O10. The number of benzene rings is 2. The molecule has 2 rings (SSSR count). The van der Waals surface area contributed by atoms with Crippen molar-refractivity contribution in [3.63, 3.8) is 0 Å². The molecule has 2 atom stereocenters. The Morgan fingerprint density at radius 2 is 0.964 bits per heavy atom. The molecule has 0 radical (unpaired) electrons. The zero-order valence-electron chi connectivity index (χ0n) is 14.0. The molecule has 0 aliphatic heterocycles. The highest BCUT2D eigenvalue weighted by molar-refractivity contribution is 5.94. The van der Waals surface area contributed by atoms with E-state index in [9.17, 15) is 29.4 Å². The molecule has 0 aromatic heterocycles. The Balaban J connectivity index is 2.10. The van der Waals surface area contributed by atoms with Gasteiger partial charge in [0.1, 0.15) is 22.6 Å². The lowest BCUT2D eigenvalue weighted by atomic mass is 10.2. The summed E-state index contributed by atoms with van der Waals surface area (Å²) in [5, 5.41) is 37.7. The van der Waals surface area contributed by atoms with Crippen molar-refractivity contribution in [2.75, 3.05) is 0 Å². The van der Waals surface area contributed by atoms with Gasteiger partial charge in [0.25, 0.3) is 0 Å². The van der Waals surface area contributed by atoms with Crippen molar-refractivity contribution in [1.82, 2.24) is 0 Å². The maximum atomic E-state index is 11.9. The molecular weight excluding hydrogens is 376 g/mol. The van der Waals surface area contributed by atoms with Gasteiger partial charge >= 0.3 is 23.9 Å². The average molecular weight is 390 g/mol. The van der Waals surface area contributed by atoms with Crippen LogP contribution in [0.25, 0.3) is 0 Å². The van der Waals surface area contributed by atoms with Crippen molar-refractivity contribution in [3.8, 4) is 11.5 Å². The predicted octanol–water partition coefficient (Wildman–Crippen LogP) is 0.316. The van der Waals surface area contributed by atoms with Crippen molar-refractivity contribution in [2.24, 2.45) is 0 Å². The first kappa shape index (κ1) is 20.6. The summed E-state index contributed by atoms with van der Waals surface area (Å²) in [6, 6.07) is 10.1. The van der Waals surface area contributed by atoms with Crippen LogP contribution in [-0.2, 0) is 9.59 Å². The number of hydrogen-bond donors (Lipinski definition) is 4. The number of ether oxygens (including phenoxy) is 2. The molecule has 0 fully saturated rings. The summed E-state index contributed by atoms with van der Waals surface area (Å²) in [5.74, 6) is -6.63. The summed E-state index contributed by atoms with van der Waals surface area (Å²) in [6.45, 7) is 0.